The van der Waals surface area contributed by atoms with Gasteiger partial charge in [0.2, 0.25) is 0 Å². The third-order valence-corrected chi connectivity index (χ3v) is 3.87. The van der Waals surface area contributed by atoms with Crippen molar-refractivity contribution >= 4 is 17.6 Å². The van der Waals surface area contributed by atoms with Crippen LogP contribution in [0.2, 0.25) is 0 Å². The molecule has 0 saturated heterocycles. The van der Waals surface area contributed by atoms with E-state index in [1.807, 2.05) is 52.0 Å². The molecule has 0 radical (unpaired) electrons. The Labute approximate surface area is 142 Å². The summed E-state index contributed by atoms with van der Waals surface area (Å²) in [6, 6.07) is 11.1. The van der Waals surface area contributed by atoms with Crippen molar-refractivity contribution in [3.8, 4) is 0 Å². The van der Waals surface area contributed by atoms with Crippen LogP contribution in [0.15, 0.2) is 36.4 Å². The van der Waals surface area contributed by atoms with Crippen molar-refractivity contribution in [1.29, 1.82) is 0 Å². The van der Waals surface area contributed by atoms with Gasteiger partial charge in [-0.1, -0.05) is 35.4 Å². The molecule has 0 fully saturated rings. The number of hydrogen-bond donors (Lipinski definition) is 1. The highest BCUT2D eigenvalue weighted by atomic mass is 16.5. The van der Waals surface area contributed by atoms with E-state index in [1.165, 1.54) is 0 Å². The second-order valence-electron chi connectivity index (χ2n) is 6.18. The van der Waals surface area contributed by atoms with E-state index in [9.17, 15) is 9.59 Å². The summed E-state index contributed by atoms with van der Waals surface area (Å²) in [4.78, 5) is 24.4. The predicted octanol–water partition coefficient (Wildman–Crippen LogP) is 4.10. The summed E-state index contributed by atoms with van der Waals surface area (Å²) in [5.41, 5.74) is 5.37. The number of esters is 1. The first-order chi connectivity index (χ1) is 11.3. The molecule has 0 aliphatic carbocycles. The largest absolute Gasteiger partial charge is 0.449 e. The normalized spacial score (nSPS) is 11.7. The molecule has 0 unspecified atom stereocenters. The summed E-state index contributed by atoms with van der Waals surface area (Å²) in [6.07, 6.45) is -0.876. The van der Waals surface area contributed by atoms with Crippen molar-refractivity contribution in [2.24, 2.45) is 0 Å². The van der Waals surface area contributed by atoms with Crippen molar-refractivity contribution in [2.75, 3.05) is 5.32 Å². The van der Waals surface area contributed by atoms with E-state index in [0.717, 1.165) is 27.9 Å². The van der Waals surface area contributed by atoms with Crippen LogP contribution in [0.5, 0.6) is 0 Å². The van der Waals surface area contributed by atoms with E-state index in [-0.39, 0.29) is 5.91 Å². The molecular weight excluding hydrogens is 302 g/mol. The van der Waals surface area contributed by atoms with Crippen LogP contribution in [-0.2, 0) is 9.53 Å². The van der Waals surface area contributed by atoms with Crippen LogP contribution in [0.3, 0.4) is 0 Å². The summed E-state index contributed by atoms with van der Waals surface area (Å²) >= 11 is 0. The molecule has 2 rings (SSSR count). The molecule has 0 saturated carbocycles. The Balaban J connectivity index is 2.05. The average molecular weight is 325 g/mol. The molecule has 126 valence electrons. The first-order valence-corrected chi connectivity index (χ1v) is 7.94. The Morgan fingerprint density at radius 2 is 1.46 bits per heavy atom. The van der Waals surface area contributed by atoms with Crippen LogP contribution in [0.25, 0.3) is 0 Å². The minimum Gasteiger partial charge on any atom is -0.449 e. The topological polar surface area (TPSA) is 55.4 Å². The van der Waals surface area contributed by atoms with Gasteiger partial charge in [0.15, 0.2) is 6.10 Å². The highest BCUT2D eigenvalue weighted by Crippen LogP contribution is 2.22. The number of benzene rings is 2. The number of carbonyl (C=O) groups excluding carboxylic acids is 2. The Morgan fingerprint density at radius 1 is 0.917 bits per heavy atom. The highest BCUT2D eigenvalue weighted by molar-refractivity contribution is 5.98. The van der Waals surface area contributed by atoms with E-state index >= 15 is 0 Å². The third-order valence-electron chi connectivity index (χ3n) is 3.87. The van der Waals surface area contributed by atoms with E-state index < -0.39 is 12.1 Å². The van der Waals surface area contributed by atoms with E-state index in [0.29, 0.717) is 5.56 Å². The number of nitrogens with one attached hydrogen (secondary N) is 1. The van der Waals surface area contributed by atoms with Gasteiger partial charge < -0.3 is 10.1 Å². The molecule has 0 aliphatic heterocycles. The van der Waals surface area contributed by atoms with Gasteiger partial charge in [-0.2, -0.15) is 0 Å². The lowest BCUT2D eigenvalue weighted by Crippen LogP contribution is -2.30. The number of hydrogen-bond acceptors (Lipinski definition) is 3. The van der Waals surface area contributed by atoms with E-state index in [4.69, 9.17) is 4.74 Å². The zero-order valence-corrected chi connectivity index (χ0v) is 14.8. The van der Waals surface area contributed by atoms with Gasteiger partial charge in [0.25, 0.3) is 5.91 Å². The molecule has 1 amide bonds. The monoisotopic (exact) mass is 325 g/mol. The molecule has 24 heavy (non-hydrogen) atoms. The summed E-state index contributed by atoms with van der Waals surface area (Å²) in [5, 5.41) is 2.86. The van der Waals surface area contributed by atoms with Crippen LogP contribution < -0.4 is 5.32 Å². The summed E-state index contributed by atoms with van der Waals surface area (Å²) in [6.45, 7) is 9.41. The lowest BCUT2D eigenvalue weighted by Gasteiger charge is -2.17. The zero-order valence-electron chi connectivity index (χ0n) is 14.8. The number of rotatable bonds is 4. The quantitative estimate of drug-likeness (QED) is 0.861. The number of amides is 1. The lowest BCUT2D eigenvalue weighted by atomic mass is 10.0. The smallest absolute Gasteiger partial charge is 0.338 e. The molecule has 0 aliphatic rings. The van der Waals surface area contributed by atoms with Crippen LogP contribution in [-0.4, -0.2) is 18.0 Å². The van der Waals surface area contributed by atoms with Crippen molar-refractivity contribution < 1.29 is 14.3 Å². The minimum atomic E-state index is -0.876. The van der Waals surface area contributed by atoms with Gasteiger partial charge in [0.1, 0.15) is 0 Å². The molecule has 0 spiro atoms. The molecule has 0 aromatic heterocycles. The number of ether oxygens (including phenoxy) is 1. The number of anilines is 1. The second kappa shape index (κ2) is 7.30. The lowest BCUT2D eigenvalue weighted by molar-refractivity contribution is -0.123. The van der Waals surface area contributed by atoms with Gasteiger partial charge in [0.05, 0.1) is 5.56 Å². The third kappa shape index (κ3) is 4.22. The number of carbonyl (C=O) groups is 2. The fraction of sp³-hybridized carbons (Fsp3) is 0.300. The fourth-order valence-electron chi connectivity index (χ4n) is 2.57. The molecule has 4 nitrogen and oxygen atoms in total. The maximum atomic E-state index is 12.3. The van der Waals surface area contributed by atoms with Gasteiger partial charge in [-0.15, -0.1) is 0 Å². The van der Waals surface area contributed by atoms with Crippen molar-refractivity contribution in [3.05, 3.63) is 64.2 Å². The van der Waals surface area contributed by atoms with E-state index in [1.54, 1.807) is 19.1 Å². The van der Waals surface area contributed by atoms with E-state index in [2.05, 4.69) is 5.32 Å². The van der Waals surface area contributed by atoms with Gasteiger partial charge in [-0.25, -0.2) is 4.79 Å². The molecular formula is C20H23NO3. The van der Waals surface area contributed by atoms with Gasteiger partial charge in [0, 0.05) is 5.69 Å². The maximum absolute atomic E-state index is 12.3. The molecule has 1 N–H and O–H groups in total. The van der Waals surface area contributed by atoms with Gasteiger partial charge in [-0.3, -0.25) is 4.79 Å². The highest BCUT2D eigenvalue weighted by Gasteiger charge is 2.20. The Kier molecular flexibility index (Phi) is 5.39. The van der Waals surface area contributed by atoms with Crippen LogP contribution in [0.1, 0.15) is 39.5 Å². The standard InChI is InChI=1S/C20H23NO3/c1-12-6-8-17(9-7-12)20(23)24-16(5)19(22)21-18-14(3)10-13(2)11-15(18)4/h6-11,16H,1-5H3,(H,21,22)/t16-/m1/s1. The molecule has 0 bridgehead atoms. The Morgan fingerprint density at radius 3 is 2.00 bits per heavy atom. The SMILES string of the molecule is Cc1ccc(C(=O)O[C@H](C)C(=O)Nc2c(C)cc(C)cc2C)cc1. The molecule has 1 atom stereocenters. The van der Waals surface area contributed by atoms with Crippen LogP contribution in [0.4, 0.5) is 5.69 Å². The maximum Gasteiger partial charge on any atom is 0.338 e. The van der Waals surface area contributed by atoms with Crippen LogP contribution in [0, 0.1) is 27.7 Å². The van der Waals surface area contributed by atoms with Gasteiger partial charge in [-0.05, 0) is 57.9 Å². The first kappa shape index (κ1) is 17.7. The number of aryl methyl sites for hydroxylation is 4. The van der Waals surface area contributed by atoms with Gasteiger partial charge >= 0.3 is 5.97 Å². The second-order valence-corrected chi connectivity index (χ2v) is 6.18. The fourth-order valence-corrected chi connectivity index (χ4v) is 2.57. The summed E-state index contributed by atoms with van der Waals surface area (Å²) in [5.74, 6) is -0.847. The molecule has 0 heterocycles. The molecule has 2 aromatic rings. The average Bonchev–Trinajstić information content (AvgIpc) is 2.51. The van der Waals surface area contributed by atoms with Crippen LogP contribution >= 0.6 is 0 Å². The van der Waals surface area contributed by atoms with Crippen molar-refractivity contribution in [2.45, 2.75) is 40.7 Å². The molecule has 4 heteroatoms. The zero-order chi connectivity index (χ0) is 17.9. The predicted molar refractivity (Wildman–Crippen MR) is 95.3 cm³/mol. The first-order valence-electron chi connectivity index (χ1n) is 7.94. The Hall–Kier alpha value is -2.62. The summed E-state index contributed by atoms with van der Waals surface area (Å²) in [7, 11) is 0. The summed E-state index contributed by atoms with van der Waals surface area (Å²) < 4.78 is 5.26. The van der Waals surface area contributed by atoms with Crippen molar-refractivity contribution in [3.63, 3.8) is 0 Å². The van der Waals surface area contributed by atoms with Crippen molar-refractivity contribution in [1.82, 2.24) is 0 Å². The minimum absolute atomic E-state index is 0.342. The molecule has 2 aromatic carbocycles. The Bertz CT molecular complexity index is 740.